The lowest BCUT2D eigenvalue weighted by Crippen LogP contribution is -2.36. The van der Waals surface area contributed by atoms with E-state index in [1.54, 1.807) is 0 Å². The van der Waals surface area contributed by atoms with E-state index in [4.69, 9.17) is 12.2 Å². The number of benzene rings is 1. The van der Waals surface area contributed by atoms with Gasteiger partial charge >= 0.3 is 0 Å². The van der Waals surface area contributed by atoms with Gasteiger partial charge in [0.15, 0.2) is 5.11 Å². The summed E-state index contributed by atoms with van der Waals surface area (Å²) in [7, 11) is 0. The molecule has 1 aromatic rings. The lowest BCUT2D eigenvalue weighted by Gasteiger charge is -2.29. The van der Waals surface area contributed by atoms with E-state index >= 15 is 0 Å². The molecule has 80 valence electrons. The van der Waals surface area contributed by atoms with Crippen molar-refractivity contribution in [1.29, 1.82) is 0 Å². The summed E-state index contributed by atoms with van der Waals surface area (Å²) < 4.78 is 0. The second-order valence-corrected chi connectivity index (χ2v) is 4.69. The van der Waals surface area contributed by atoms with Gasteiger partial charge in [0.05, 0.1) is 6.04 Å². The van der Waals surface area contributed by atoms with E-state index in [0.717, 1.165) is 5.11 Å². The molecule has 1 atom stereocenters. The van der Waals surface area contributed by atoms with Gasteiger partial charge in [-0.1, -0.05) is 32.0 Å². The molecular formula is C12H16N2S. The Morgan fingerprint density at radius 1 is 1.33 bits per heavy atom. The molecule has 0 saturated heterocycles. The van der Waals surface area contributed by atoms with Gasteiger partial charge in [-0.05, 0) is 36.2 Å². The fraction of sp³-hybridized carbons (Fsp3) is 0.417. The molecule has 0 radical (unpaired) electrons. The second kappa shape index (κ2) is 3.81. The Hall–Kier alpha value is -1.09. The van der Waals surface area contributed by atoms with Gasteiger partial charge in [-0.25, -0.2) is 0 Å². The van der Waals surface area contributed by atoms with Gasteiger partial charge in [0.25, 0.3) is 0 Å². The largest absolute Gasteiger partial charge is 0.356 e. The van der Waals surface area contributed by atoms with E-state index < -0.39 is 0 Å². The highest BCUT2D eigenvalue weighted by atomic mass is 32.1. The Balaban J connectivity index is 2.54. The number of nitrogens with one attached hydrogen (secondary N) is 2. The number of hydrogen-bond donors (Lipinski definition) is 2. The zero-order valence-corrected chi connectivity index (χ0v) is 10.1. The van der Waals surface area contributed by atoms with Gasteiger partial charge in [0, 0.05) is 5.69 Å². The van der Waals surface area contributed by atoms with Crippen LogP contribution >= 0.6 is 12.2 Å². The number of anilines is 1. The summed E-state index contributed by atoms with van der Waals surface area (Å²) in [4.78, 5) is 0. The van der Waals surface area contributed by atoms with Gasteiger partial charge in [-0.15, -0.1) is 0 Å². The molecule has 0 aliphatic carbocycles. The van der Waals surface area contributed by atoms with Gasteiger partial charge < -0.3 is 10.6 Å². The SMILES string of the molecule is CC(C)c1cccc2c1NC(=S)NC2C. The molecule has 0 fully saturated rings. The first kappa shape index (κ1) is 10.4. The zero-order chi connectivity index (χ0) is 11.0. The lowest BCUT2D eigenvalue weighted by molar-refractivity contribution is 0.708. The topological polar surface area (TPSA) is 24.1 Å². The molecule has 2 rings (SSSR count). The molecule has 0 aromatic heterocycles. The fourth-order valence-corrected chi connectivity index (χ4v) is 2.28. The maximum absolute atomic E-state index is 5.18. The Morgan fingerprint density at radius 3 is 2.73 bits per heavy atom. The molecule has 2 nitrogen and oxygen atoms in total. The van der Waals surface area contributed by atoms with Crippen LogP contribution in [0.15, 0.2) is 18.2 Å². The Morgan fingerprint density at radius 2 is 2.07 bits per heavy atom. The van der Waals surface area contributed by atoms with E-state index in [-0.39, 0.29) is 0 Å². The summed E-state index contributed by atoms with van der Waals surface area (Å²) in [6, 6.07) is 6.72. The molecule has 0 spiro atoms. The lowest BCUT2D eigenvalue weighted by atomic mass is 9.94. The van der Waals surface area contributed by atoms with Gasteiger partial charge in [0.1, 0.15) is 0 Å². The summed E-state index contributed by atoms with van der Waals surface area (Å²) in [5.41, 5.74) is 3.83. The van der Waals surface area contributed by atoms with Crippen LogP contribution in [0.3, 0.4) is 0 Å². The molecule has 0 saturated carbocycles. The highest BCUT2D eigenvalue weighted by Gasteiger charge is 2.21. The zero-order valence-electron chi connectivity index (χ0n) is 9.29. The van der Waals surface area contributed by atoms with Gasteiger partial charge in [-0.3, -0.25) is 0 Å². The number of thiocarbonyl (C=S) groups is 1. The van der Waals surface area contributed by atoms with Crippen LogP contribution in [0, 0.1) is 0 Å². The number of fused-ring (bicyclic) bond motifs is 1. The van der Waals surface area contributed by atoms with Crippen LogP contribution in [0.4, 0.5) is 5.69 Å². The first-order valence-electron chi connectivity index (χ1n) is 5.30. The Bertz CT molecular complexity index is 384. The van der Waals surface area contributed by atoms with Crippen molar-refractivity contribution in [1.82, 2.24) is 5.32 Å². The normalized spacial score (nSPS) is 19.5. The third-order valence-corrected chi connectivity index (χ3v) is 3.02. The maximum Gasteiger partial charge on any atom is 0.171 e. The van der Waals surface area contributed by atoms with Crippen molar-refractivity contribution in [3.8, 4) is 0 Å². The van der Waals surface area contributed by atoms with Gasteiger partial charge in [0.2, 0.25) is 0 Å². The van der Waals surface area contributed by atoms with Crippen molar-refractivity contribution in [3.05, 3.63) is 29.3 Å². The van der Waals surface area contributed by atoms with Crippen LogP contribution in [0.25, 0.3) is 0 Å². The number of hydrogen-bond acceptors (Lipinski definition) is 1. The van der Waals surface area contributed by atoms with Crippen molar-refractivity contribution in [2.75, 3.05) is 5.32 Å². The predicted molar refractivity (Wildman–Crippen MR) is 68.3 cm³/mol. The quantitative estimate of drug-likeness (QED) is 0.711. The molecule has 2 N–H and O–H groups in total. The van der Waals surface area contributed by atoms with E-state index in [1.807, 2.05) is 0 Å². The van der Waals surface area contributed by atoms with Crippen LogP contribution < -0.4 is 10.6 Å². The van der Waals surface area contributed by atoms with E-state index in [9.17, 15) is 0 Å². The summed E-state index contributed by atoms with van der Waals surface area (Å²) in [6.45, 7) is 6.54. The molecule has 15 heavy (non-hydrogen) atoms. The predicted octanol–water partition coefficient (Wildman–Crippen LogP) is 3.17. The average Bonchev–Trinajstić information content (AvgIpc) is 2.16. The summed E-state index contributed by atoms with van der Waals surface area (Å²) in [5, 5.41) is 7.21. The second-order valence-electron chi connectivity index (χ2n) is 4.29. The molecule has 1 aliphatic rings. The van der Waals surface area contributed by atoms with Gasteiger partial charge in [-0.2, -0.15) is 0 Å². The molecule has 1 heterocycles. The first-order chi connectivity index (χ1) is 7.09. The summed E-state index contributed by atoms with van der Waals surface area (Å²) in [5.74, 6) is 0.514. The highest BCUT2D eigenvalue weighted by Crippen LogP contribution is 2.33. The molecule has 0 bridgehead atoms. The van der Waals surface area contributed by atoms with Crippen molar-refractivity contribution in [2.45, 2.75) is 32.7 Å². The van der Waals surface area contributed by atoms with Crippen LogP contribution in [-0.2, 0) is 0 Å². The summed E-state index contributed by atoms with van der Waals surface area (Å²) >= 11 is 5.18. The minimum Gasteiger partial charge on any atom is -0.356 e. The van der Waals surface area contributed by atoms with E-state index in [1.165, 1.54) is 16.8 Å². The number of rotatable bonds is 1. The molecule has 1 unspecified atom stereocenters. The number of para-hydroxylation sites is 1. The smallest absolute Gasteiger partial charge is 0.171 e. The van der Waals surface area contributed by atoms with Crippen molar-refractivity contribution < 1.29 is 0 Å². The van der Waals surface area contributed by atoms with Crippen LogP contribution in [-0.4, -0.2) is 5.11 Å². The van der Waals surface area contributed by atoms with Crippen molar-refractivity contribution in [3.63, 3.8) is 0 Å². The van der Waals surface area contributed by atoms with Crippen LogP contribution in [0.5, 0.6) is 0 Å². The third kappa shape index (κ3) is 1.84. The van der Waals surface area contributed by atoms with Crippen LogP contribution in [0.2, 0.25) is 0 Å². The maximum atomic E-state index is 5.18. The minimum absolute atomic E-state index is 0.299. The fourth-order valence-electron chi connectivity index (χ4n) is 2.00. The van der Waals surface area contributed by atoms with Crippen LogP contribution in [0.1, 0.15) is 43.9 Å². The van der Waals surface area contributed by atoms with E-state index in [2.05, 4.69) is 49.6 Å². The van der Waals surface area contributed by atoms with E-state index in [0.29, 0.717) is 12.0 Å². The minimum atomic E-state index is 0.299. The Labute approximate surface area is 96.1 Å². The molecule has 1 aromatic carbocycles. The average molecular weight is 220 g/mol. The summed E-state index contributed by atoms with van der Waals surface area (Å²) in [6.07, 6.45) is 0. The highest BCUT2D eigenvalue weighted by molar-refractivity contribution is 7.80. The van der Waals surface area contributed by atoms with Crippen molar-refractivity contribution >= 4 is 23.0 Å². The van der Waals surface area contributed by atoms with Crippen molar-refractivity contribution in [2.24, 2.45) is 0 Å². The molecule has 1 aliphatic heterocycles. The Kier molecular flexibility index (Phi) is 2.65. The first-order valence-corrected chi connectivity index (χ1v) is 5.70. The molecule has 0 amide bonds. The molecule has 3 heteroatoms. The standard InChI is InChI=1S/C12H16N2S/c1-7(2)9-5-4-6-10-8(3)13-12(15)14-11(9)10/h4-8H,1-3H3,(H2,13,14,15). The third-order valence-electron chi connectivity index (χ3n) is 2.80. The molecular weight excluding hydrogens is 204 g/mol. The monoisotopic (exact) mass is 220 g/mol.